The van der Waals surface area contributed by atoms with E-state index in [-0.39, 0.29) is 11.4 Å². The summed E-state index contributed by atoms with van der Waals surface area (Å²) in [5.74, 6) is 0.681. The number of hydrogen-bond donors (Lipinski definition) is 3. The molecule has 0 saturated heterocycles. The third-order valence-corrected chi connectivity index (χ3v) is 4.33. The summed E-state index contributed by atoms with van der Waals surface area (Å²) in [4.78, 5) is 20.3. The second-order valence-corrected chi connectivity index (χ2v) is 6.52. The summed E-state index contributed by atoms with van der Waals surface area (Å²) < 4.78 is 14.9. The third kappa shape index (κ3) is 3.44. The lowest BCUT2D eigenvalue weighted by molar-refractivity contribution is -0.520. The van der Waals surface area contributed by atoms with E-state index in [1.807, 2.05) is 31.2 Å². The molecule has 7 heteroatoms. The Bertz CT molecular complexity index is 1090. The molecule has 1 aliphatic rings. The van der Waals surface area contributed by atoms with E-state index in [9.17, 15) is 9.18 Å². The Morgan fingerprint density at radius 1 is 1.15 bits per heavy atom. The van der Waals surface area contributed by atoms with Crippen molar-refractivity contribution in [3.05, 3.63) is 87.6 Å². The number of rotatable bonds is 2. The van der Waals surface area contributed by atoms with Crippen LogP contribution < -0.4 is 21.2 Å². The molecule has 0 bridgehead atoms. The van der Waals surface area contributed by atoms with E-state index in [2.05, 4.69) is 20.6 Å². The number of halogens is 1. The van der Waals surface area contributed by atoms with Crippen molar-refractivity contribution < 1.29 is 9.38 Å². The molecule has 136 valence electrons. The number of fused-ring (bicyclic) bond motifs is 1. The molecule has 2 aromatic carbocycles. The lowest BCUT2D eigenvalue weighted by Crippen LogP contribution is -2.82. The van der Waals surface area contributed by atoms with Gasteiger partial charge in [-0.1, -0.05) is 24.3 Å². The number of hydrogen-bond acceptors (Lipinski definition) is 4. The summed E-state index contributed by atoms with van der Waals surface area (Å²) in [6.07, 6.45) is -0.519. The van der Waals surface area contributed by atoms with Crippen LogP contribution >= 0.6 is 0 Å². The van der Waals surface area contributed by atoms with Gasteiger partial charge in [-0.3, -0.25) is 9.79 Å². The molecule has 1 aromatic heterocycles. The molecule has 1 atom stereocenters. The smallest absolute Gasteiger partial charge is 0.269 e. The van der Waals surface area contributed by atoms with Gasteiger partial charge in [0.15, 0.2) is 6.17 Å². The van der Waals surface area contributed by atoms with Gasteiger partial charge in [0.1, 0.15) is 5.82 Å². The monoisotopic (exact) mass is 364 g/mol. The van der Waals surface area contributed by atoms with E-state index >= 15 is 0 Å². The van der Waals surface area contributed by atoms with Gasteiger partial charge < -0.3 is 0 Å². The van der Waals surface area contributed by atoms with Crippen LogP contribution in [0.15, 0.2) is 59.4 Å². The Morgan fingerprint density at radius 2 is 1.93 bits per heavy atom. The number of guanidine groups is 1. The quantitative estimate of drug-likeness (QED) is 0.645. The zero-order valence-corrected chi connectivity index (χ0v) is 15.0. The van der Waals surface area contributed by atoms with Gasteiger partial charge in [-0.25, -0.2) is 24.6 Å². The van der Waals surface area contributed by atoms with Crippen molar-refractivity contribution in [2.24, 2.45) is 0 Å². The van der Waals surface area contributed by atoms with Crippen LogP contribution in [-0.2, 0) is 0 Å². The van der Waals surface area contributed by atoms with E-state index in [0.717, 1.165) is 16.8 Å². The Hall–Kier alpha value is -3.48. The first kappa shape index (κ1) is 17.0. The highest BCUT2D eigenvalue weighted by Crippen LogP contribution is 2.17. The largest absolute Gasteiger partial charge is 0.357 e. The van der Waals surface area contributed by atoms with Crippen LogP contribution in [0.25, 0.3) is 0 Å². The van der Waals surface area contributed by atoms with E-state index < -0.39 is 6.17 Å². The van der Waals surface area contributed by atoms with Gasteiger partial charge in [-0.2, -0.15) is 0 Å². The van der Waals surface area contributed by atoms with Crippen molar-refractivity contribution in [3.8, 4) is 0 Å². The second-order valence-electron chi connectivity index (χ2n) is 6.52. The Morgan fingerprint density at radius 3 is 2.67 bits per heavy atom. The zero-order chi connectivity index (χ0) is 19.0. The molecule has 2 heterocycles. The first-order chi connectivity index (χ1) is 13.0. The molecule has 0 spiro atoms. The molecule has 0 fully saturated rings. The van der Waals surface area contributed by atoms with Crippen molar-refractivity contribution in [1.29, 1.82) is 0 Å². The molecule has 0 amide bonds. The molecule has 3 aromatic rings. The molecule has 0 aliphatic carbocycles. The van der Waals surface area contributed by atoms with Crippen LogP contribution in [0.5, 0.6) is 0 Å². The van der Waals surface area contributed by atoms with Crippen LogP contribution in [0.4, 0.5) is 16.0 Å². The van der Waals surface area contributed by atoms with Crippen molar-refractivity contribution in [3.63, 3.8) is 0 Å². The SMILES string of the molecule is Cc1cccc(NC2=[NH+][C@H](c3ccc(F)cc3)n3c(nc(C)cc3=O)N2)c1. The standard InChI is InChI=1S/C20H18FN5O/c1-12-4-3-5-16(10-12)23-19-24-18(14-6-8-15(21)9-7-14)26-17(27)11-13(2)22-20(26)25-19/h3-11,18H,1-2H3,(H2,22,23,24,25)/p+1/t18-/m0/s1. The van der Waals surface area contributed by atoms with Gasteiger partial charge in [0.2, 0.25) is 0 Å². The van der Waals surface area contributed by atoms with Gasteiger partial charge >= 0.3 is 5.96 Å². The fourth-order valence-corrected chi connectivity index (χ4v) is 3.10. The maximum absolute atomic E-state index is 13.4. The Kier molecular flexibility index (Phi) is 4.19. The van der Waals surface area contributed by atoms with Crippen LogP contribution in [0.2, 0.25) is 0 Å². The molecule has 27 heavy (non-hydrogen) atoms. The summed E-state index contributed by atoms with van der Waals surface area (Å²) >= 11 is 0. The average Bonchev–Trinajstić information content (AvgIpc) is 2.61. The maximum Gasteiger partial charge on any atom is 0.357 e. The van der Waals surface area contributed by atoms with Crippen LogP contribution in [0, 0.1) is 19.7 Å². The number of aryl methyl sites for hydroxylation is 2. The molecule has 4 rings (SSSR count). The number of nitrogens with zero attached hydrogens (tertiary/aromatic N) is 2. The highest BCUT2D eigenvalue weighted by Gasteiger charge is 2.29. The molecule has 1 aliphatic heterocycles. The van der Waals surface area contributed by atoms with Crippen molar-refractivity contribution in [2.45, 2.75) is 20.0 Å². The minimum Gasteiger partial charge on any atom is -0.269 e. The first-order valence-corrected chi connectivity index (χ1v) is 8.59. The second kappa shape index (κ2) is 6.68. The molecular formula is C20H19FN5O+. The van der Waals surface area contributed by atoms with E-state index in [1.54, 1.807) is 19.1 Å². The maximum atomic E-state index is 13.4. The van der Waals surface area contributed by atoms with Gasteiger partial charge in [-0.05, 0) is 43.7 Å². The van der Waals surface area contributed by atoms with Gasteiger partial charge in [0, 0.05) is 17.3 Å². The molecular weight excluding hydrogens is 345 g/mol. The average molecular weight is 364 g/mol. The predicted molar refractivity (Wildman–Crippen MR) is 102 cm³/mol. The highest BCUT2D eigenvalue weighted by atomic mass is 19.1. The fraction of sp³-hybridized carbons (Fsp3) is 0.150. The molecule has 6 nitrogen and oxygen atoms in total. The normalized spacial score (nSPS) is 15.5. The van der Waals surface area contributed by atoms with Crippen molar-refractivity contribution in [1.82, 2.24) is 9.55 Å². The van der Waals surface area contributed by atoms with Crippen LogP contribution in [-0.4, -0.2) is 15.5 Å². The van der Waals surface area contributed by atoms with Gasteiger partial charge in [-0.15, -0.1) is 0 Å². The molecule has 0 saturated carbocycles. The number of nitrogens with one attached hydrogen (secondary N) is 3. The lowest BCUT2D eigenvalue weighted by atomic mass is 10.1. The number of aromatic nitrogens is 2. The summed E-state index contributed by atoms with van der Waals surface area (Å²) in [5, 5.41) is 6.41. The Labute approximate surface area is 155 Å². The number of benzene rings is 2. The molecule has 3 N–H and O–H groups in total. The van der Waals surface area contributed by atoms with Gasteiger partial charge in [0.25, 0.3) is 11.5 Å². The fourth-order valence-electron chi connectivity index (χ4n) is 3.10. The van der Waals surface area contributed by atoms with E-state index in [1.165, 1.54) is 22.8 Å². The minimum absolute atomic E-state index is 0.193. The third-order valence-electron chi connectivity index (χ3n) is 4.33. The summed E-state index contributed by atoms with van der Waals surface area (Å²) in [6.45, 7) is 3.78. The molecule has 0 radical (unpaired) electrons. The first-order valence-electron chi connectivity index (χ1n) is 8.59. The Balaban J connectivity index is 1.80. The van der Waals surface area contributed by atoms with Crippen molar-refractivity contribution >= 4 is 17.6 Å². The van der Waals surface area contributed by atoms with Crippen LogP contribution in [0.3, 0.4) is 0 Å². The van der Waals surface area contributed by atoms with E-state index in [0.29, 0.717) is 17.6 Å². The van der Waals surface area contributed by atoms with E-state index in [4.69, 9.17) is 0 Å². The molecule has 0 unspecified atom stereocenters. The summed E-state index contributed by atoms with van der Waals surface area (Å²) in [7, 11) is 0. The van der Waals surface area contributed by atoms with Crippen LogP contribution in [0.1, 0.15) is 23.0 Å². The summed E-state index contributed by atoms with van der Waals surface area (Å²) in [6, 6.07) is 15.5. The van der Waals surface area contributed by atoms with Gasteiger partial charge in [0.05, 0.1) is 5.69 Å². The minimum atomic E-state index is -0.519. The number of anilines is 2. The predicted octanol–water partition coefficient (Wildman–Crippen LogP) is 1.52. The zero-order valence-electron chi connectivity index (χ0n) is 15.0. The topological polar surface area (TPSA) is 72.9 Å². The highest BCUT2D eigenvalue weighted by molar-refractivity contribution is 5.99. The lowest BCUT2D eigenvalue weighted by Gasteiger charge is -2.23. The summed E-state index contributed by atoms with van der Waals surface area (Å²) in [5.41, 5.74) is 3.19. The van der Waals surface area contributed by atoms with Crippen molar-refractivity contribution in [2.75, 3.05) is 10.6 Å².